The van der Waals surface area contributed by atoms with Crippen LogP contribution in [0.3, 0.4) is 0 Å². The molecule has 1 amide bonds. The van der Waals surface area contributed by atoms with E-state index >= 15 is 0 Å². The molecule has 2 atom stereocenters. The molecule has 5 heteroatoms. The van der Waals surface area contributed by atoms with Gasteiger partial charge in [-0.05, 0) is 60.4 Å². The maximum Gasteiger partial charge on any atom is 0.268 e. The van der Waals surface area contributed by atoms with Crippen molar-refractivity contribution in [2.75, 3.05) is 6.26 Å². The molecule has 110 valence electrons. The zero-order valence-electron chi connectivity index (χ0n) is 11.8. The summed E-state index contributed by atoms with van der Waals surface area (Å²) in [6.45, 7) is 0. The van der Waals surface area contributed by atoms with Crippen LogP contribution in [0, 0.1) is 0 Å². The lowest BCUT2D eigenvalue weighted by Gasteiger charge is -2.28. The van der Waals surface area contributed by atoms with Crippen LogP contribution in [0.2, 0.25) is 0 Å². The summed E-state index contributed by atoms with van der Waals surface area (Å²) < 4.78 is 3.13. The van der Waals surface area contributed by atoms with Gasteiger partial charge in [0.15, 0.2) is 0 Å². The second kappa shape index (κ2) is 6.14. The lowest BCUT2D eigenvalue weighted by Crippen LogP contribution is -2.39. The third-order valence-electron chi connectivity index (χ3n) is 4.28. The molecule has 3 nitrogen and oxygen atoms in total. The first kappa shape index (κ1) is 14.5. The van der Waals surface area contributed by atoms with Crippen LogP contribution in [0.4, 0.5) is 0 Å². The molecule has 20 heavy (non-hydrogen) atoms. The van der Waals surface area contributed by atoms with E-state index in [9.17, 15) is 4.79 Å². The quantitative estimate of drug-likeness (QED) is 0.884. The number of hydrogen-bond acceptors (Lipinski definition) is 2. The number of hydrogen-bond donors (Lipinski definition) is 1. The molecule has 0 aliphatic heterocycles. The van der Waals surface area contributed by atoms with Gasteiger partial charge in [-0.3, -0.25) is 4.79 Å². The van der Waals surface area contributed by atoms with Gasteiger partial charge in [-0.25, -0.2) is 0 Å². The number of halogens is 1. The van der Waals surface area contributed by atoms with Gasteiger partial charge >= 0.3 is 0 Å². The van der Waals surface area contributed by atoms with Gasteiger partial charge < -0.3 is 9.88 Å². The second-order valence-corrected chi connectivity index (χ2v) is 7.93. The standard InChI is InChI=1S/C15H21BrN2OS/c1-20-13-4-2-3-11(8-13)17-15(19)14-7-10(16)9-18(14)12-5-6-12/h7,9,11-13H,2-6,8H2,1H3,(H,17,19). The molecule has 1 aromatic rings. The molecule has 1 N–H and O–H groups in total. The summed E-state index contributed by atoms with van der Waals surface area (Å²) in [4.78, 5) is 12.5. The molecular formula is C15H21BrN2OS. The van der Waals surface area contributed by atoms with E-state index in [4.69, 9.17) is 0 Å². The highest BCUT2D eigenvalue weighted by Gasteiger charge is 2.29. The topological polar surface area (TPSA) is 34.0 Å². The van der Waals surface area contributed by atoms with Gasteiger partial charge in [0.1, 0.15) is 5.69 Å². The summed E-state index contributed by atoms with van der Waals surface area (Å²) in [5.41, 5.74) is 0.811. The van der Waals surface area contributed by atoms with Crippen molar-refractivity contribution >= 4 is 33.6 Å². The SMILES string of the molecule is CSC1CCCC(NC(=O)c2cc(Br)cn2C2CC2)C1. The van der Waals surface area contributed by atoms with Gasteiger partial charge in [-0.1, -0.05) is 6.42 Å². The van der Waals surface area contributed by atoms with E-state index in [1.807, 2.05) is 24.0 Å². The maximum atomic E-state index is 12.5. The van der Waals surface area contributed by atoms with E-state index in [0.717, 1.165) is 23.0 Å². The van der Waals surface area contributed by atoms with Gasteiger partial charge in [0.2, 0.25) is 0 Å². The van der Waals surface area contributed by atoms with Crippen LogP contribution in [0.15, 0.2) is 16.7 Å². The maximum absolute atomic E-state index is 12.5. The number of nitrogens with zero attached hydrogens (tertiary/aromatic N) is 1. The van der Waals surface area contributed by atoms with Crippen molar-refractivity contribution in [3.63, 3.8) is 0 Å². The molecular weight excluding hydrogens is 336 g/mol. The predicted molar refractivity (Wildman–Crippen MR) is 87.4 cm³/mol. The third kappa shape index (κ3) is 3.25. The Bertz CT molecular complexity index is 498. The smallest absolute Gasteiger partial charge is 0.268 e. The first-order valence-electron chi connectivity index (χ1n) is 7.38. The molecule has 2 unspecified atom stereocenters. The lowest BCUT2D eigenvalue weighted by atomic mass is 9.95. The molecule has 0 bridgehead atoms. The fourth-order valence-corrected chi connectivity index (χ4v) is 4.30. The van der Waals surface area contributed by atoms with Crippen molar-refractivity contribution in [3.05, 3.63) is 22.4 Å². The Morgan fingerprint density at radius 3 is 2.90 bits per heavy atom. The minimum absolute atomic E-state index is 0.0920. The molecule has 1 aromatic heterocycles. The molecule has 0 radical (unpaired) electrons. The number of carbonyl (C=O) groups excluding carboxylic acids is 1. The Balaban J connectivity index is 1.67. The molecule has 0 spiro atoms. The number of aromatic nitrogens is 1. The fourth-order valence-electron chi connectivity index (χ4n) is 3.03. The second-order valence-electron chi connectivity index (χ2n) is 5.88. The average molecular weight is 357 g/mol. The Kier molecular flexibility index (Phi) is 4.46. The van der Waals surface area contributed by atoms with E-state index in [0.29, 0.717) is 17.3 Å². The predicted octanol–water partition coefficient (Wildman–Crippen LogP) is 3.99. The monoisotopic (exact) mass is 356 g/mol. The summed E-state index contributed by atoms with van der Waals surface area (Å²) in [5, 5.41) is 3.95. The minimum Gasteiger partial charge on any atom is -0.348 e. The molecule has 0 saturated heterocycles. The van der Waals surface area contributed by atoms with Crippen molar-refractivity contribution < 1.29 is 4.79 Å². The molecule has 3 rings (SSSR count). The van der Waals surface area contributed by atoms with Gasteiger partial charge in [-0.2, -0.15) is 11.8 Å². The van der Waals surface area contributed by atoms with Crippen molar-refractivity contribution in [2.24, 2.45) is 0 Å². The molecule has 2 fully saturated rings. The summed E-state index contributed by atoms with van der Waals surface area (Å²) in [7, 11) is 0. The normalized spacial score (nSPS) is 26.5. The van der Waals surface area contributed by atoms with Crippen LogP contribution >= 0.6 is 27.7 Å². The summed E-state index contributed by atoms with van der Waals surface area (Å²) >= 11 is 5.42. The lowest BCUT2D eigenvalue weighted by molar-refractivity contribution is 0.0919. The highest BCUT2D eigenvalue weighted by Crippen LogP contribution is 2.37. The van der Waals surface area contributed by atoms with Crippen molar-refractivity contribution in [2.45, 2.75) is 55.9 Å². The average Bonchev–Trinajstić information content (AvgIpc) is 3.21. The summed E-state index contributed by atoms with van der Waals surface area (Å²) in [5.74, 6) is 0.0920. The third-order valence-corrected chi connectivity index (χ3v) is 5.81. The van der Waals surface area contributed by atoms with Gasteiger partial charge in [0.25, 0.3) is 5.91 Å². The van der Waals surface area contributed by atoms with Gasteiger partial charge in [0.05, 0.1) is 0 Å². The van der Waals surface area contributed by atoms with E-state index in [-0.39, 0.29) is 5.91 Å². The van der Waals surface area contributed by atoms with Crippen LogP contribution in [0.5, 0.6) is 0 Å². The highest BCUT2D eigenvalue weighted by atomic mass is 79.9. The van der Waals surface area contributed by atoms with Crippen LogP contribution in [0.25, 0.3) is 0 Å². The van der Waals surface area contributed by atoms with Gasteiger partial charge in [-0.15, -0.1) is 0 Å². The molecule has 2 aliphatic carbocycles. The summed E-state index contributed by atoms with van der Waals surface area (Å²) in [6, 6.07) is 2.82. The Labute approximate surface area is 133 Å². The van der Waals surface area contributed by atoms with E-state index in [1.54, 1.807) is 0 Å². The number of amides is 1. The fraction of sp³-hybridized carbons (Fsp3) is 0.667. The highest BCUT2D eigenvalue weighted by molar-refractivity contribution is 9.10. The number of nitrogens with one attached hydrogen (secondary N) is 1. The van der Waals surface area contributed by atoms with Crippen LogP contribution in [0.1, 0.15) is 55.1 Å². The first-order valence-corrected chi connectivity index (χ1v) is 9.46. The molecule has 2 saturated carbocycles. The number of thioether (sulfide) groups is 1. The number of rotatable bonds is 4. The summed E-state index contributed by atoms with van der Waals surface area (Å²) in [6.07, 6.45) is 11.3. The molecule has 0 aromatic carbocycles. The molecule has 2 aliphatic rings. The van der Waals surface area contributed by atoms with Crippen LogP contribution in [-0.2, 0) is 0 Å². The van der Waals surface area contributed by atoms with Crippen molar-refractivity contribution in [1.29, 1.82) is 0 Å². The Morgan fingerprint density at radius 2 is 2.20 bits per heavy atom. The van der Waals surface area contributed by atoms with E-state index in [2.05, 4.69) is 32.1 Å². The zero-order valence-corrected chi connectivity index (χ0v) is 14.2. The van der Waals surface area contributed by atoms with Crippen molar-refractivity contribution in [1.82, 2.24) is 9.88 Å². The number of carbonyl (C=O) groups is 1. The van der Waals surface area contributed by atoms with Crippen molar-refractivity contribution in [3.8, 4) is 0 Å². The van der Waals surface area contributed by atoms with E-state index in [1.165, 1.54) is 25.7 Å². The zero-order chi connectivity index (χ0) is 14.1. The van der Waals surface area contributed by atoms with Crippen LogP contribution in [-0.4, -0.2) is 28.0 Å². The Hall–Kier alpha value is -0.420. The first-order chi connectivity index (χ1) is 9.67. The molecule has 1 heterocycles. The minimum atomic E-state index is 0.0920. The van der Waals surface area contributed by atoms with Gasteiger partial charge in [0, 0.05) is 28.0 Å². The van der Waals surface area contributed by atoms with E-state index < -0.39 is 0 Å². The van der Waals surface area contributed by atoms with Crippen LogP contribution < -0.4 is 5.32 Å². The largest absolute Gasteiger partial charge is 0.348 e. The Morgan fingerprint density at radius 1 is 1.40 bits per heavy atom.